The fourth-order valence-electron chi connectivity index (χ4n) is 3.02. The van der Waals surface area contributed by atoms with E-state index in [9.17, 15) is 0 Å². The maximum Gasteiger partial charge on any atom is 0.0494 e. The number of hydrogen-bond acceptors (Lipinski definition) is 3. The average molecular weight is 358 g/mol. The third kappa shape index (κ3) is 17.1. The molecule has 3 heteroatoms. The van der Waals surface area contributed by atoms with Crippen molar-refractivity contribution in [1.29, 1.82) is 0 Å². The highest BCUT2D eigenvalue weighted by Crippen LogP contribution is 2.13. The van der Waals surface area contributed by atoms with Gasteiger partial charge in [0, 0.05) is 26.4 Å². The van der Waals surface area contributed by atoms with Gasteiger partial charge in [-0.05, 0) is 50.6 Å². The van der Waals surface area contributed by atoms with Gasteiger partial charge in [0.25, 0.3) is 0 Å². The molecule has 0 aromatic rings. The first kappa shape index (κ1) is 24.9. The highest BCUT2D eigenvalue weighted by atomic mass is 16.5. The second kappa shape index (κ2) is 20.2. The van der Waals surface area contributed by atoms with Gasteiger partial charge in [-0.2, -0.15) is 0 Å². The number of unbranched alkanes of at least 4 members (excludes halogenated alkanes) is 2. The highest BCUT2D eigenvalue weighted by Gasteiger charge is 2.06. The van der Waals surface area contributed by atoms with E-state index in [2.05, 4.69) is 33.0 Å². The second-order valence-electron chi connectivity index (χ2n) is 7.44. The molecular formula is C22H47NO2. The molecule has 0 aliphatic heterocycles. The number of nitrogens with one attached hydrogen (secondary N) is 1. The van der Waals surface area contributed by atoms with Crippen molar-refractivity contribution < 1.29 is 9.47 Å². The minimum absolute atomic E-state index is 0.759. The minimum Gasteiger partial charge on any atom is -0.381 e. The van der Waals surface area contributed by atoms with Crippen LogP contribution in [0, 0.1) is 11.8 Å². The third-order valence-corrected chi connectivity index (χ3v) is 5.08. The molecule has 1 N–H and O–H groups in total. The van der Waals surface area contributed by atoms with Gasteiger partial charge >= 0.3 is 0 Å². The molecule has 0 heterocycles. The molecule has 0 saturated carbocycles. The van der Waals surface area contributed by atoms with Crippen molar-refractivity contribution in [3.63, 3.8) is 0 Å². The Morgan fingerprint density at radius 2 is 1.08 bits per heavy atom. The van der Waals surface area contributed by atoms with E-state index in [1.807, 2.05) is 0 Å². The summed E-state index contributed by atoms with van der Waals surface area (Å²) in [5, 5.41) is 3.50. The average Bonchev–Trinajstić information content (AvgIpc) is 2.64. The van der Waals surface area contributed by atoms with Gasteiger partial charge in [-0.1, -0.05) is 66.2 Å². The summed E-state index contributed by atoms with van der Waals surface area (Å²) >= 11 is 0. The summed E-state index contributed by atoms with van der Waals surface area (Å²) in [5.41, 5.74) is 0. The topological polar surface area (TPSA) is 30.5 Å². The molecular weight excluding hydrogens is 310 g/mol. The first-order valence-corrected chi connectivity index (χ1v) is 11.1. The summed E-state index contributed by atoms with van der Waals surface area (Å²) in [7, 11) is 0. The third-order valence-electron chi connectivity index (χ3n) is 5.08. The lowest BCUT2D eigenvalue weighted by atomic mass is 10.0. The Balaban J connectivity index is 3.30. The van der Waals surface area contributed by atoms with E-state index < -0.39 is 0 Å². The molecule has 0 aromatic carbocycles. The predicted molar refractivity (Wildman–Crippen MR) is 110 cm³/mol. The van der Waals surface area contributed by atoms with Crippen LogP contribution in [0.3, 0.4) is 0 Å². The zero-order valence-corrected chi connectivity index (χ0v) is 17.8. The van der Waals surface area contributed by atoms with Gasteiger partial charge in [0.2, 0.25) is 0 Å². The van der Waals surface area contributed by atoms with Crippen LogP contribution in [0.2, 0.25) is 0 Å². The van der Waals surface area contributed by atoms with Crippen LogP contribution in [0.4, 0.5) is 0 Å². The fraction of sp³-hybridized carbons (Fsp3) is 1.00. The van der Waals surface area contributed by atoms with E-state index >= 15 is 0 Å². The molecule has 0 fully saturated rings. The summed E-state index contributed by atoms with van der Waals surface area (Å²) in [5.74, 6) is 1.52. The van der Waals surface area contributed by atoms with Crippen LogP contribution < -0.4 is 5.32 Å². The zero-order valence-electron chi connectivity index (χ0n) is 17.8. The molecule has 0 aliphatic carbocycles. The molecule has 0 bridgehead atoms. The lowest BCUT2D eigenvalue weighted by Gasteiger charge is -2.15. The Labute approximate surface area is 158 Å². The van der Waals surface area contributed by atoms with Gasteiger partial charge in [-0.3, -0.25) is 0 Å². The van der Waals surface area contributed by atoms with Crippen LogP contribution in [0.5, 0.6) is 0 Å². The van der Waals surface area contributed by atoms with Crippen LogP contribution >= 0.6 is 0 Å². The Bertz CT molecular complexity index is 224. The van der Waals surface area contributed by atoms with E-state index in [0.717, 1.165) is 64.2 Å². The Kier molecular flexibility index (Phi) is 20.1. The van der Waals surface area contributed by atoms with E-state index in [-0.39, 0.29) is 0 Å². The molecule has 0 rings (SSSR count). The SMILES string of the molecule is CCCCC(CC)COCCCNCCCOCC(CC)CCCC. The maximum absolute atomic E-state index is 5.84. The minimum atomic E-state index is 0.759. The zero-order chi connectivity index (χ0) is 18.6. The normalized spacial score (nSPS) is 13.9. The Morgan fingerprint density at radius 3 is 1.44 bits per heavy atom. The molecule has 0 amide bonds. The number of ether oxygens (including phenoxy) is 2. The molecule has 0 aromatic heterocycles. The number of rotatable bonds is 20. The predicted octanol–water partition coefficient (Wildman–Crippen LogP) is 5.82. The molecule has 0 aliphatic rings. The van der Waals surface area contributed by atoms with E-state index in [1.165, 1.54) is 51.4 Å². The van der Waals surface area contributed by atoms with E-state index in [0.29, 0.717) is 0 Å². The quantitative estimate of drug-likeness (QED) is 0.278. The van der Waals surface area contributed by atoms with Gasteiger partial charge in [-0.25, -0.2) is 0 Å². The van der Waals surface area contributed by atoms with Crippen LogP contribution in [0.1, 0.15) is 91.9 Å². The van der Waals surface area contributed by atoms with E-state index in [1.54, 1.807) is 0 Å². The largest absolute Gasteiger partial charge is 0.381 e. The standard InChI is InChI=1S/C22H47NO2/c1-5-9-13-21(7-3)19-24-17-11-15-23-16-12-18-25-20-22(8-4)14-10-6-2/h21-23H,5-20H2,1-4H3. The van der Waals surface area contributed by atoms with Crippen molar-refractivity contribution >= 4 is 0 Å². The molecule has 152 valence electrons. The first-order chi connectivity index (χ1) is 12.3. The van der Waals surface area contributed by atoms with Crippen LogP contribution in [-0.2, 0) is 9.47 Å². The summed E-state index contributed by atoms with van der Waals surface area (Å²) < 4.78 is 11.7. The maximum atomic E-state index is 5.84. The highest BCUT2D eigenvalue weighted by molar-refractivity contribution is 4.57. The Hall–Kier alpha value is -0.120. The monoisotopic (exact) mass is 357 g/mol. The Morgan fingerprint density at radius 1 is 0.640 bits per heavy atom. The van der Waals surface area contributed by atoms with Crippen molar-refractivity contribution in [1.82, 2.24) is 5.32 Å². The summed E-state index contributed by atoms with van der Waals surface area (Å²) in [6.07, 6.45) is 12.6. The van der Waals surface area contributed by atoms with Crippen molar-refractivity contribution in [2.75, 3.05) is 39.5 Å². The van der Waals surface area contributed by atoms with Crippen molar-refractivity contribution in [2.24, 2.45) is 11.8 Å². The molecule has 0 spiro atoms. The molecule has 2 unspecified atom stereocenters. The summed E-state index contributed by atoms with van der Waals surface area (Å²) in [6.45, 7) is 14.9. The second-order valence-corrected chi connectivity index (χ2v) is 7.44. The van der Waals surface area contributed by atoms with Crippen molar-refractivity contribution in [3.8, 4) is 0 Å². The molecule has 25 heavy (non-hydrogen) atoms. The molecule has 3 nitrogen and oxygen atoms in total. The van der Waals surface area contributed by atoms with Crippen LogP contribution in [0.15, 0.2) is 0 Å². The van der Waals surface area contributed by atoms with Crippen molar-refractivity contribution in [2.45, 2.75) is 91.9 Å². The van der Waals surface area contributed by atoms with E-state index in [4.69, 9.17) is 9.47 Å². The summed E-state index contributed by atoms with van der Waals surface area (Å²) in [4.78, 5) is 0. The van der Waals surface area contributed by atoms with Crippen LogP contribution in [-0.4, -0.2) is 39.5 Å². The van der Waals surface area contributed by atoms with Crippen LogP contribution in [0.25, 0.3) is 0 Å². The lowest BCUT2D eigenvalue weighted by molar-refractivity contribution is 0.0889. The number of hydrogen-bond donors (Lipinski definition) is 1. The lowest BCUT2D eigenvalue weighted by Crippen LogP contribution is -2.20. The van der Waals surface area contributed by atoms with Gasteiger partial charge in [0.1, 0.15) is 0 Å². The van der Waals surface area contributed by atoms with Crippen molar-refractivity contribution in [3.05, 3.63) is 0 Å². The molecule has 0 radical (unpaired) electrons. The molecule has 2 atom stereocenters. The van der Waals surface area contributed by atoms with Gasteiger partial charge in [0.05, 0.1) is 0 Å². The van der Waals surface area contributed by atoms with Gasteiger partial charge in [-0.15, -0.1) is 0 Å². The first-order valence-electron chi connectivity index (χ1n) is 11.1. The van der Waals surface area contributed by atoms with Gasteiger partial charge < -0.3 is 14.8 Å². The molecule has 0 saturated heterocycles. The fourth-order valence-corrected chi connectivity index (χ4v) is 3.02. The smallest absolute Gasteiger partial charge is 0.0494 e. The van der Waals surface area contributed by atoms with Gasteiger partial charge in [0.15, 0.2) is 0 Å². The summed E-state index contributed by atoms with van der Waals surface area (Å²) in [6, 6.07) is 0.